The van der Waals surface area contributed by atoms with E-state index in [1.165, 1.54) is 24.3 Å². The number of nitrogens with zero attached hydrogens (tertiary/aromatic N) is 2. The van der Waals surface area contributed by atoms with Crippen LogP contribution in [0.3, 0.4) is 0 Å². The Labute approximate surface area is 471 Å². The minimum absolute atomic E-state index is 0.0794. The molecule has 4 aromatic rings. The second kappa shape index (κ2) is 30.7. The number of likely N-dealkylation sites (tertiary alicyclic amines) is 1. The van der Waals surface area contributed by atoms with Crippen LogP contribution in [0.25, 0.3) is 10.9 Å². The third-order valence-corrected chi connectivity index (χ3v) is 14.2. The summed E-state index contributed by atoms with van der Waals surface area (Å²) < 4.78 is 0. The number of imidazole rings is 1. The highest BCUT2D eigenvalue weighted by Crippen LogP contribution is 2.22. The summed E-state index contributed by atoms with van der Waals surface area (Å²) >= 11 is 8.53. The average molecular weight is 1150 g/mol. The van der Waals surface area contributed by atoms with Crippen LogP contribution in [0.15, 0.2) is 73.3 Å². The van der Waals surface area contributed by atoms with Gasteiger partial charge >= 0.3 is 5.97 Å². The molecule has 11 atom stereocenters. The number of thiol groups is 2. The van der Waals surface area contributed by atoms with Gasteiger partial charge in [-0.3, -0.25) is 47.9 Å². The van der Waals surface area contributed by atoms with E-state index in [1.807, 2.05) is 0 Å². The van der Waals surface area contributed by atoms with Gasteiger partial charge in [-0.05, 0) is 42.9 Å². The summed E-state index contributed by atoms with van der Waals surface area (Å²) in [6.07, 6.45) is 3.67. The first kappa shape index (κ1) is 63.3. The lowest BCUT2D eigenvalue weighted by Crippen LogP contribution is -2.63. The van der Waals surface area contributed by atoms with E-state index in [0.29, 0.717) is 40.6 Å². The Balaban J connectivity index is 1.31. The summed E-state index contributed by atoms with van der Waals surface area (Å²) in [7, 11) is 0. The quantitative estimate of drug-likeness (QED) is 0.0233. The Hall–Kier alpha value is -7.53. The minimum atomic E-state index is -1.83. The molecule has 0 radical (unpaired) electrons. The van der Waals surface area contributed by atoms with E-state index in [1.54, 1.807) is 74.6 Å². The molecule has 0 unspecified atom stereocenters. The summed E-state index contributed by atoms with van der Waals surface area (Å²) in [5.41, 5.74) is 8.55. The molecule has 1 aliphatic rings. The zero-order chi connectivity index (χ0) is 58.6. The van der Waals surface area contributed by atoms with Gasteiger partial charge in [0.2, 0.25) is 53.2 Å². The first-order valence-electron chi connectivity index (χ1n) is 25.9. The summed E-state index contributed by atoms with van der Waals surface area (Å²) in [6.45, 7) is 3.01. The van der Waals surface area contributed by atoms with Crippen molar-refractivity contribution in [2.75, 3.05) is 31.2 Å². The van der Waals surface area contributed by atoms with Crippen LogP contribution < -0.4 is 48.3 Å². The third kappa shape index (κ3) is 17.7. The van der Waals surface area contributed by atoms with E-state index in [2.05, 4.69) is 82.7 Å². The number of H-pyrrole nitrogens is 2. The number of benzene rings is 2. The lowest BCUT2D eigenvalue weighted by atomic mass is 9.97. The minimum Gasteiger partial charge on any atom is -0.480 e. The summed E-state index contributed by atoms with van der Waals surface area (Å²) in [4.78, 5) is 146. The molecule has 434 valence electrons. The zero-order valence-electron chi connectivity index (χ0n) is 44.3. The van der Waals surface area contributed by atoms with Crippen molar-refractivity contribution >= 4 is 95.3 Å². The summed E-state index contributed by atoms with van der Waals surface area (Å²) in [5, 5.41) is 51.1. The molecule has 1 aliphatic heterocycles. The molecular weight excluding hydrogens is 1080 g/mol. The Morgan fingerprint density at radius 2 is 1.31 bits per heavy atom. The van der Waals surface area contributed by atoms with Crippen LogP contribution in [-0.2, 0) is 67.2 Å². The number of para-hydroxylation sites is 1. The van der Waals surface area contributed by atoms with Crippen molar-refractivity contribution in [2.45, 2.75) is 120 Å². The number of carboxylic acids is 1. The fraction of sp³-hybridized carbons (Fsp3) is 0.481. The smallest absolute Gasteiger partial charge is 0.322 e. The van der Waals surface area contributed by atoms with E-state index >= 15 is 0 Å². The molecule has 2 aromatic carbocycles. The van der Waals surface area contributed by atoms with Gasteiger partial charge in [0.05, 0.1) is 25.1 Å². The van der Waals surface area contributed by atoms with Gasteiger partial charge in [-0.15, -0.1) is 0 Å². The second-order valence-corrected chi connectivity index (χ2v) is 20.1. The first-order chi connectivity index (χ1) is 38.2. The molecule has 15 N–H and O–H groups in total. The molecule has 1 saturated heterocycles. The molecule has 2 aromatic heterocycles. The topological polar surface area (TPSA) is 401 Å². The SMILES string of the molecule is CC[C@H](C)[C@H](NC(=O)[C@@H]1CCCN1C(=O)[C@H](CS)NC(=O)[C@H](CO)NC(=O)[C@@H](NC(=O)[C@H](Cc1c[nH]c2ccccc12)NC(=O)[C@H](Cc1ccccc1)NC(=O)[C@H](CS)NC(=O)[C@@H](N)Cc1cnc[nH]1)[C@@H](C)O)C(=O)NCC(=O)O. The third-order valence-electron chi connectivity index (χ3n) is 13.5. The van der Waals surface area contributed by atoms with Gasteiger partial charge in [0.15, 0.2) is 0 Å². The van der Waals surface area contributed by atoms with Gasteiger partial charge < -0.3 is 78.5 Å². The number of carboxylic acid groups (broad SMARTS) is 1. The van der Waals surface area contributed by atoms with Gasteiger partial charge in [-0.25, -0.2) is 4.98 Å². The number of aliphatic hydroxyl groups excluding tert-OH is 2. The van der Waals surface area contributed by atoms with Crippen LogP contribution in [0.5, 0.6) is 0 Å². The van der Waals surface area contributed by atoms with E-state index in [-0.39, 0.29) is 43.7 Å². The Bertz CT molecular complexity index is 2790. The molecule has 9 amide bonds. The van der Waals surface area contributed by atoms with E-state index in [9.17, 15) is 58.2 Å². The molecule has 80 heavy (non-hydrogen) atoms. The van der Waals surface area contributed by atoms with Crippen LogP contribution in [0.2, 0.25) is 0 Å². The van der Waals surface area contributed by atoms with Crippen molar-refractivity contribution < 1.29 is 63.3 Å². The van der Waals surface area contributed by atoms with Crippen molar-refractivity contribution in [3.8, 4) is 0 Å². The summed E-state index contributed by atoms with van der Waals surface area (Å²) in [5.74, 6) is -9.94. The van der Waals surface area contributed by atoms with Crippen molar-refractivity contribution in [2.24, 2.45) is 11.7 Å². The maximum Gasteiger partial charge on any atom is 0.322 e. The normalized spacial score (nSPS) is 16.9. The number of aromatic amines is 2. The van der Waals surface area contributed by atoms with Crippen LogP contribution in [0.1, 0.15) is 56.9 Å². The molecule has 0 saturated carbocycles. The molecule has 26 nitrogen and oxygen atoms in total. The lowest BCUT2D eigenvalue weighted by Gasteiger charge is -2.31. The molecule has 1 fully saturated rings. The van der Waals surface area contributed by atoms with Gasteiger partial charge in [0, 0.05) is 66.3 Å². The highest BCUT2D eigenvalue weighted by atomic mass is 32.1. The number of aliphatic hydroxyl groups is 2. The lowest BCUT2D eigenvalue weighted by molar-refractivity contribution is -0.142. The Morgan fingerprint density at radius 3 is 1.94 bits per heavy atom. The average Bonchev–Trinajstić information content (AvgIpc) is 4.29. The van der Waals surface area contributed by atoms with Crippen molar-refractivity contribution in [1.82, 2.24) is 62.4 Å². The van der Waals surface area contributed by atoms with Crippen LogP contribution in [-0.4, -0.2) is 186 Å². The number of carbonyl (C=O) groups excluding carboxylic acids is 9. The molecule has 5 rings (SSSR count). The molecule has 0 aliphatic carbocycles. The van der Waals surface area contributed by atoms with Gasteiger partial charge in [0.1, 0.15) is 54.9 Å². The number of hydrogen-bond acceptors (Lipinski definition) is 16. The number of hydrogen-bond donors (Lipinski definition) is 16. The van der Waals surface area contributed by atoms with E-state index in [0.717, 1.165) is 0 Å². The molecule has 3 heterocycles. The highest BCUT2D eigenvalue weighted by molar-refractivity contribution is 7.80. The number of amides is 9. The van der Waals surface area contributed by atoms with Gasteiger partial charge in [-0.1, -0.05) is 68.8 Å². The van der Waals surface area contributed by atoms with E-state index in [4.69, 9.17) is 10.8 Å². The monoisotopic (exact) mass is 1150 g/mol. The zero-order valence-corrected chi connectivity index (χ0v) is 46.1. The van der Waals surface area contributed by atoms with E-state index < -0.39 is 139 Å². The maximum atomic E-state index is 14.5. The second-order valence-electron chi connectivity index (χ2n) is 19.4. The maximum absolute atomic E-state index is 14.5. The predicted molar refractivity (Wildman–Crippen MR) is 297 cm³/mol. The van der Waals surface area contributed by atoms with Gasteiger partial charge in [-0.2, -0.15) is 25.3 Å². The number of rotatable bonds is 30. The molecule has 0 spiro atoms. The number of nitrogens with two attached hydrogens (primary N) is 1. The number of carbonyl (C=O) groups is 10. The molecular formula is C52H71N13O13S2. The fourth-order valence-electron chi connectivity index (χ4n) is 8.83. The highest BCUT2D eigenvalue weighted by Gasteiger charge is 2.41. The summed E-state index contributed by atoms with van der Waals surface area (Å²) in [6, 6.07) is 3.26. The number of fused-ring (bicyclic) bond motifs is 1. The first-order valence-corrected chi connectivity index (χ1v) is 27.2. The fourth-order valence-corrected chi connectivity index (χ4v) is 9.34. The molecule has 28 heteroatoms. The Kier molecular flexibility index (Phi) is 24.3. The van der Waals surface area contributed by atoms with Gasteiger partial charge in [0.25, 0.3) is 0 Å². The standard InChI is InChI=1S/C52H71N13O13S2/c1-4-27(2)42(50(76)56-22-41(68)69)63-49(75)40-15-10-16-65(40)52(78)39(25-80)62-47(73)37(23-66)60-51(77)43(28(3)67)64-46(72)36(18-30-20-55-34-14-9-8-13-32(30)34)59-45(71)35(17-29-11-6-5-7-12-29)58-48(74)38(24-79)61-44(70)33(53)19-31-21-54-26-57-31/h5-9,11-14,20-21,26-28,33,35-40,42-43,55,66-67,79-80H,4,10,15-19,22-25,53H2,1-3H3,(H,54,57)(H,56,76)(H,58,74)(H,59,71)(H,60,77)(H,61,70)(H,62,73)(H,63,75)(H,64,72)(H,68,69)/t27-,28+,33-,35-,36-,37-,38-,39-,40-,42-,43-/m0/s1. The number of nitrogens with one attached hydrogen (secondary N) is 10. The van der Waals surface area contributed by atoms with Crippen molar-refractivity contribution in [3.63, 3.8) is 0 Å². The Morgan fingerprint density at radius 1 is 0.713 bits per heavy atom. The molecule has 0 bridgehead atoms. The number of aromatic nitrogens is 3. The van der Waals surface area contributed by atoms with Crippen LogP contribution in [0, 0.1) is 5.92 Å². The van der Waals surface area contributed by atoms with Crippen LogP contribution in [0.4, 0.5) is 0 Å². The van der Waals surface area contributed by atoms with Crippen molar-refractivity contribution in [3.05, 3.63) is 90.1 Å². The van der Waals surface area contributed by atoms with Crippen LogP contribution >= 0.6 is 25.3 Å². The van der Waals surface area contributed by atoms with Crippen molar-refractivity contribution in [1.29, 1.82) is 0 Å². The predicted octanol–water partition coefficient (Wildman–Crippen LogP) is -2.89. The largest absolute Gasteiger partial charge is 0.480 e. The number of aliphatic carboxylic acids is 1.